The van der Waals surface area contributed by atoms with E-state index in [1.807, 2.05) is 48.5 Å². The highest BCUT2D eigenvalue weighted by molar-refractivity contribution is 8.20. The Bertz CT molecular complexity index is 1880. The van der Waals surface area contributed by atoms with Gasteiger partial charge in [-0.2, -0.15) is 0 Å². The van der Waals surface area contributed by atoms with Crippen LogP contribution in [0.25, 0.3) is 0 Å². The van der Waals surface area contributed by atoms with Crippen LogP contribution in [0.4, 0.5) is 0 Å². The third-order valence-electron chi connectivity index (χ3n) is 14.6. The highest BCUT2D eigenvalue weighted by Gasteiger charge is 2.49. The van der Waals surface area contributed by atoms with E-state index in [1.54, 1.807) is 0 Å². The van der Waals surface area contributed by atoms with E-state index in [2.05, 4.69) is 21.3 Å². The molecule has 5 aliphatic rings. The van der Waals surface area contributed by atoms with Crippen molar-refractivity contribution in [3.05, 3.63) is 119 Å². The van der Waals surface area contributed by atoms with Gasteiger partial charge in [0.2, 0.25) is 0 Å². The fourth-order valence-electron chi connectivity index (χ4n) is 11.9. The third kappa shape index (κ3) is 9.67. The van der Waals surface area contributed by atoms with Gasteiger partial charge in [-0.1, -0.05) is 92.0 Å². The average molecular weight is 961 g/mol. The van der Waals surface area contributed by atoms with Gasteiger partial charge in [-0.25, -0.2) is 0 Å². The molecule has 352 valence electrons. The first-order valence-corrected chi connectivity index (χ1v) is 27.5. The van der Waals surface area contributed by atoms with E-state index in [9.17, 15) is 54.6 Å². The van der Waals surface area contributed by atoms with Crippen molar-refractivity contribution in [2.75, 3.05) is 0 Å². The van der Waals surface area contributed by atoms with Crippen LogP contribution in [0.1, 0.15) is 97.3 Å². The zero-order chi connectivity index (χ0) is 45.3. The van der Waals surface area contributed by atoms with Gasteiger partial charge in [0.1, 0.15) is 0 Å². The second kappa shape index (κ2) is 17.9. The molecular formula is C44H56N4O12S4-4. The van der Waals surface area contributed by atoms with Crippen LogP contribution in [0.5, 0.6) is 0 Å². The molecule has 5 heterocycles. The SMILES string of the molecule is [O-]S(O)(O)c1ccc(C2C3CCC(N3)C(c3ccc(S([O-])(O)O)cc3)C3CCC(N3)C(c3ccc(S([O-])(O)O)cc3)C3CCC(N3)C(c3ccc(S([O-])(O)O)cc3)C3CCC2N3)cc1. The smallest absolute Gasteiger partial charge is 0.0235 e. The zero-order valence-electron chi connectivity index (χ0n) is 34.7. The lowest BCUT2D eigenvalue weighted by atomic mass is 9.83. The van der Waals surface area contributed by atoms with Crippen molar-refractivity contribution in [2.45, 2.75) is 143 Å². The number of fused-ring (bicyclic) bond motifs is 8. The van der Waals surface area contributed by atoms with Gasteiger partial charge < -0.3 is 75.9 Å². The van der Waals surface area contributed by atoms with Crippen LogP contribution in [0.2, 0.25) is 0 Å². The first-order valence-electron chi connectivity index (χ1n) is 21.6. The van der Waals surface area contributed by atoms with Crippen molar-refractivity contribution in [3.63, 3.8) is 0 Å². The predicted octanol–water partition coefficient (Wildman–Crippen LogP) is 8.58. The predicted molar refractivity (Wildman–Crippen MR) is 244 cm³/mol. The van der Waals surface area contributed by atoms with Crippen molar-refractivity contribution in [1.82, 2.24) is 21.3 Å². The fourth-order valence-corrected chi connectivity index (χ4v) is 13.9. The maximum atomic E-state index is 12.2. The Balaban J connectivity index is 1.14. The van der Waals surface area contributed by atoms with Gasteiger partial charge in [-0.15, -0.1) is 0 Å². The first kappa shape index (κ1) is 46.7. The van der Waals surface area contributed by atoms with Gasteiger partial charge in [0.15, 0.2) is 0 Å². The minimum atomic E-state index is -4.18. The fraction of sp³-hybridized carbons (Fsp3) is 0.455. The molecule has 5 aliphatic heterocycles. The Morgan fingerprint density at radius 3 is 0.547 bits per heavy atom. The van der Waals surface area contributed by atoms with Crippen LogP contribution in [0.15, 0.2) is 117 Å². The molecule has 8 atom stereocenters. The molecule has 12 N–H and O–H groups in total. The Hall–Kier alpha value is -2.36. The topological polar surface area (TPSA) is 302 Å². The Morgan fingerprint density at radius 2 is 0.422 bits per heavy atom. The van der Waals surface area contributed by atoms with Crippen LogP contribution in [-0.2, 0) is 0 Å². The summed E-state index contributed by atoms with van der Waals surface area (Å²) in [5.74, 6) is -0.475. The molecule has 0 aromatic heterocycles. The summed E-state index contributed by atoms with van der Waals surface area (Å²) in [6, 6.07) is 25.9. The van der Waals surface area contributed by atoms with Crippen molar-refractivity contribution >= 4 is 43.5 Å². The largest absolute Gasteiger partial charge is 0.769 e. The lowest BCUT2D eigenvalue weighted by Crippen LogP contribution is -2.51. The number of benzene rings is 4. The van der Waals surface area contributed by atoms with Crippen LogP contribution in [0, 0.1) is 0 Å². The van der Waals surface area contributed by atoms with Gasteiger partial charge in [0.25, 0.3) is 0 Å². The number of hydrogen-bond donors (Lipinski definition) is 12. The number of nitrogens with one attached hydrogen (secondary N) is 4. The summed E-state index contributed by atoms with van der Waals surface area (Å²) in [6.45, 7) is 0. The molecule has 8 bridgehead atoms. The van der Waals surface area contributed by atoms with E-state index in [-0.39, 0.29) is 91.6 Å². The van der Waals surface area contributed by atoms with Crippen molar-refractivity contribution in [2.24, 2.45) is 0 Å². The van der Waals surface area contributed by atoms with Crippen molar-refractivity contribution < 1.29 is 54.6 Å². The summed E-state index contributed by atoms with van der Waals surface area (Å²) in [5, 5.41) is 16.1. The van der Waals surface area contributed by atoms with Gasteiger partial charge in [-0.05, 0) is 122 Å². The Labute approximate surface area is 379 Å². The lowest BCUT2D eigenvalue weighted by molar-refractivity contribution is 0.304. The molecule has 16 nitrogen and oxygen atoms in total. The summed E-state index contributed by atoms with van der Waals surface area (Å²) in [4.78, 5) is -0.353. The van der Waals surface area contributed by atoms with Gasteiger partial charge >= 0.3 is 0 Å². The van der Waals surface area contributed by atoms with Gasteiger partial charge in [0.05, 0.1) is 0 Å². The first-order chi connectivity index (χ1) is 30.2. The molecule has 0 radical (unpaired) electrons. The standard InChI is InChI=1S/C44H60N4O12S4/c49-61(50,51)29-9-1-25(2-10-29)41-33-17-19-35(45-33)42(26-3-11-30(12-4-26)62(52,53)54)37-21-23-39(47-37)44(28-7-15-32(16-8-28)64(58,59)60)40-24-22-38(48-40)43(36-20-18-34(41)46-36)27-5-13-31(14-6-27)63(55,56)57/h1-16,33-60H,17-24H2/p-4. The molecule has 4 aromatic carbocycles. The molecule has 0 amide bonds. The minimum absolute atomic E-state index is 0.0613. The number of hydrogen-bond acceptors (Lipinski definition) is 16. The molecular weight excluding hydrogens is 905 g/mol. The highest BCUT2D eigenvalue weighted by Crippen LogP contribution is 2.50. The monoisotopic (exact) mass is 960 g/mol. The van der Waals surface area contributed by atoms with Crippen LogP contribution in [0.3, 0.4) is 0 Å². The molecule has 64 heavy (non-hydrogen) atoms. The lowest BCUT2D eigenvalue weighted by Gasteiger charge is -2.38. The Kier molecular flexibility index (Phi) is 13.1. The quantitative estimate of drug-likeness (QED) is 0.0787. The van der Waals surface area contributed by atoms with Crippen molar-refractivity contribution in [3.8, 4) is 0 Å². The molecule has 20 heteroatoms. The third-order valence-corrected chi connectivity index (χ3v) is 18.2. The van der Waals surface area contributed by atoms with Crippen molar-refractivity contribution in [1.29, 1.82) is 0 Å². The molecule has 4 aromatic rings. The number of rotatable bonds is 8. The van der Waals surface area contributed by atoms with Crippen LogP contribution >= 0.6 is 43.5 Å². The average Bonchev–Trinajstić information content (AvgIpc) is 4.08. The molecule has 5 fully saturated rings. The second-order valence-corrected chi connectivity index (χ2v) is 24.1. The molecule has 0 spiro atoms. The summed E-state index contributed by atoms with van der Waals surface area (Å²) in [5.41, 5.74) is 3.72. The molecule has 8 unspecified atom stereocenters. The minimum Gasteiger partial charge on any atom is -0.769 e. The zero-order valence-corrected chi connectivity index (χ0v) is 37.9. The van der Waals surface area contributed by atoms with Gasteiger partial charge in [0, 0.05) is 91.6 Å². The van der Waals surface area contributed by atoms with E-state index >= 15 is 0 Å². The van der Waals surface area contributed by atoms with E-state index in [0.29, 0.717) is 0 Å². The summed E-state index contributed by atoms with van der Waals surface area (Å²) in [7, 11) is -16.7. The van der Waals surface area contributed by atoms with E-state index in [0.717, 1.165) is 73.6 Å². The van der Waals surface area contributed by atoms with Crippen LogP contribution < -0.4 is 21.3 Å². The van der Waals surface area contributed by atoms with E-state index < -0.39 is 43.5 Å². The van der Waals surface area contributed by atoms with E-state index in [4.69, 9.17) is 0 Å². The molecule has 0 saturated carbocycles. The normalized spacial score (nSPS) is 33.6. The highest BCUT2D eigenvalue weighted by atomic mass is 32.3. The Morgan fingerprint density at radius 1 is 0.281 bits per heavy atom. The summed E-state index contributed by atoms with van der Waals surface area (Å²) in [6.07, 6.45) is 6.29. The maximum absolute atomic E-state index is 12.2. The molecule has 5 saturated heterocycles. The second-order valence-electron chi connectivity index (χ2n) is 18.2. The maximum Gasteiger partial charge on any atom is 0.0235 e. The summed E-state index contributed by atoms with van der Waals surface area (Å²) >= 11 is 0. The molecule has 9 rings (SSSR count). The van der Waals surface area contributed by atoms with Gasteiger partial charge in [-0.3, -0.25) is 0 Å². The van der Waals surface area contributed by atoms with E-state index in [1.165, 1.54) is 48.5 Å². The molecule has 0 aliphatic carbocycles. The summed E-state index contributed by atoms with van der Waals surface area (Å²) < 4.78 is 129. The van der Waals surface area contributed by atoms with Crippen LogP contribution in [-0.4, -0.2) is 103 Å².